The molecule has 2 aromatic carbocycles. The molecular formula is C30H30Br3NO3. The zero-order chi connectivity index (χ0) is 26.7. The molecule has 194 valence electrons. The van der Waals surface area contributed by atoms with Crippen LogP contribution in [0.2, 0.25) is 0 Å². The van der Waals surface area contributed by atoms with Gasteiger partial charge in [-0.15, -0.1) is 0 Å². The van der Waals surface area contributed by atoms with E-state index in [-0.39, 0.29) is 28.3 Å². The van der Waals surface area contributed by atoms with Crippen LogP contribution in [0.15, 0.2) is 72.4 Å². The van der Waals surface area contributed by atoms with E-state index in [9.17, 15) is 9.59 Å². The predicted octanol–water partition coefficient (Wildman–Crippen LogP) is 8.53. The Balaban J connectivity index is 1.56. The lowest BCUT2D eigenvalue weighted by Gasteiger charge is -2.44. The van der Waals surface area contributed by atoms with Crippen LogP contribution in [0.4, 0.5) is 0 Å². The van der Waals surface area contributed by atoms with Crippen molar-refractivity contribution >= 4 is 59.4 Å². The van der Waals surface area contributed by atoms with Crippen LogP contribution < -0.4 is 10.1 Å². The third-order valence-corrected chi connectivity index (χ3v) is 9.08. The molecule has 0 saturated carbocycles. The van der Waals surface area contributed by atoms with E-state index in [4.69, 9.17) is 4.74 Å². The Labute approximate surface area is 243 Å². The van der Waals surface area contributed by atoms with E-state index >= 15 is 0 Å². The normalized spacial score (nSPS) is 20.9. The van der Waals surface area contributed by atoms with Gasteiger partial charge < -0.3 is 10.1 Å². The summed E-state index contributed by atoms with van der Waals surface area (Å²) >= 11 is 10.9. The summed E-state index contributed by atoms with van der Waals surface area (Å²) in [6, 6.07) is 12.0. The van der Waals surface area contributed by atoms with Gasteiger partial charge in [0.1, 0.15) is 12.4 Å². The van der Waals surface area contributed by atoms with E-state index in [2.05, 4.69) is 80.8 Å². The number of nitrogens with one attached hydrogen (secondary N) is 1. The van der Waals surface area contributed by atoms with E-state index in [1.807, 2.05) is 36.4 Å². The molecule has 0 amide bonds. The van der Waals surface area contributed by atoms with Crippen LogP contribution in [0.25, 0.3) is 0 Å². The lowest BCUT2D eigenvalue weighted by Crippen LogP contribution is -2.42. The van der Waals surface area contributed by atoms with Crippen LogP contribution in [0.3, 0.4) is 0 Å². The number of halogens is 3. The fraction of sp³-hybridized carbons (Fsp3) is 0.400. The third kappa shape index (κ3) is 5.41. The van der Waals surface area contributed by atoms with Gasteiger partial charge in [-0.25, -0.2) is 0 Å². The number of benzene rings is 2. The van der Waals surface area contributed by atoms with Gasteiger partial charge in [0.15, 0.2) is 11.6 Å². The van der Waals surface area contributed by atoms with E-state index < -0.39 is 0 Å². The molecule has 4 nitrogen and oxygen atoms in total. The number of Topliss-reactive ketones (excluding diaryl/α,β-unsaturated/α-hetero) is 2. The molecule has 0 bridgehead atoms. The summed E-state index contributed by atoms with van der Waals surface area (Å²) in [7, 11) is 0. The average Bonchev–Trinajstić information content (AvgIpc) is 2.76. The maximum atomic E-state index is 13.6. The minimum absolute atomic E-state index is 0.119. The number of carbonyl (C=O) groups is 2. The highest BCUT2D eigenvalue weighted by Gasteiger charge is 2.46. The summed E-state index contributed by atoms with van der Waals surface area (Å²) in [4.78, 5) is 27.1. The van der Waals surface area contributed by atoms with Crippen molar-refractivity contribution in [1.82, 2.24) is 5.32 Å². The van der Waals surface area contributed by atoms with Crippen molar-refractivity contribution in [2.24, 2.45) is 10.8 Å². The number of rotatable bonds is 4. The maximum absolute atomic E-state index is 13.6. The van der Waals surface area contributed by atoms with E-state index in [0.717, 1.165) is 59.9 Å². The standard InChI is InChI=1S/C30H30Br3NO3/c1-29(2)11-21-26(23(35)13-29)25(27-22(34-21)12-30(3,4)14-24(27)36)17-9-19(32)28(20(33)10-17)37-15-16-5-7-18(31)8-6-16/h5-10,25,34H,11-15H2,1-4H3. The van der Waals surface area contributed by atoms with Crippen LogP contribution in [-0.2, 0) is 16.2 Å². The van der Waals surface area contributed by atoms with Crippen LogP contribution in [0.1, 0.15) is 70.4 Å². The Hall–Kier alpha value is -1.70. The predicted molar refractivity (Wildman–Crippen MR) is 156 cm³/mol. The Morgan fingerprint density at radius 2 is 1.30 bits per heavy atom. The molecule has 1 heterocycles. The van der Waals surface area contributed by atoms with Crippen molar-refractivity contribution in [3.05, 3.63) is 83.5 Å². The topological polar surface area (TPSA) is 55.4 Å². The monoisotopic (exact) mass is 689 g/mol. The number of hydrogen-bond donors (Lipinski definition) is 1. The number of hydrogen-bond acceptors (Lipinski definition) is 4. The molecular weight excluding hydrogens is 662 g/mol. The zero-order valence-corrected chi connectivity index (χ0v) is 26.2. The van der Waals surface area contributed by atoms with Crippen molar-refractivity contribution in [2.75, 3.05) is 0 Å². The molecule has 7 heteroatoms. The first-order valence-corrected chi connectivity index (χ1v) is 14.9. The van der Waals surface area contributed by atoms with Crippen LogP contribution in [0.5, 0.6) is 5.75 Å². The molecule has 0 unspecified atom stereocenters. The molecule has 1 N–H and O–H groups in total. The molecule has 0 atom stereocenters. The number of ether oxygens (including phenoxy) is 1. The summed E-state index contributed by atoms with van der Waals surface area (Å²) in [6.45, 7) is 8.96. The second-order valence-electron chi connectivity index (χ2n) is 12.0. The van der Waals surface area contributed by atoms with Gasteiger partial charge in [0, 0.05) is 45.8 Å². The summed E-state index contributed by atoms with van der Waals surface area (Å²) in [5, 5.41) is 3.58. The van der Waals surface area contributed by atoms with Gasteiger partial charge in [0.05, 0.1) is 8.95 Å². The molecule has 5 rings (SSSR count). The molecule has 2 aromatic rings. The lowest BCUT2D eigenvalue weighted by molar-refractivity contribution is -0.119. The smallest absolute Gasteiger partial charge is 0.162 e. The highest BCUT2D eigenvalue weighted by Crippen LogP contribution is 2.52. The van der Waals surface area contributed by atoms with Gasteiger partial charge >= 0.3 is 0 Å². The number of allylic oxidation sites excluding steroid dienone is 4. The highest BCUT2D eigenvalue weighted by atomic mass is 79.9. The van der Waals surface area contributed by atoms with Crippen LogP contribution >= 0.6 is 47.8 Å². The Morgan fingerprint density at radius 3 is 1.78 bits per heavy atom. The molecule has 0 radical (unpaired) electrons. The largest absolute Gasteiger partial charge is 0.487 e. The summed E-state index contributed by atoms with van der Waals surface area (Å²) in [6.07, 6.45) is 2.52. The summed E-state index contributed by atoms with van der Waals surface area (Å²) in [5.74, 6) is 0.550. The van der Waals surface area contributed by atoms with Crippen molar-refractivity contribution < 1.29 is 14.3 Å². The quantitative estimate of drug-likeness (QED) is 0.349. The van der Waals surface area contributed by atoms with Gasteiger partial charge in [-0.3, -0.25) is 9.59 Å². The third-order valence-electron chi connectivity index (χ3n) is 7.37. The number of dihydropyridines is 1. The molecule has 1 aliphatic heterocycles. The Bertz CT molecular complexity index is 1290. The molecule has 3 aliphatic rings. The fourth-order valence-corrected chi connectivity index (χ4v) is 7.56. The second kappa shape index (κ2) is 9.80. The highest BCUT2D eigenvalue weighted by molar-refractivity contribution is 9.11. The zero-order valence-electron chi connectivity index (χ0n) is 21.4. The van der Waals surface area contributed by atoms with Gasteiger partial charge in [0.2, 0.25) is 0 Å². The first-order chi connectivity index (χ1) is 17.3. The minimum atomic E-state index is -0.383. The average molecular weight is 692 g/mol. The molecule has 2 aliphatic carbocycles. The first-order valence-electron chi connectivity index (χ1n) is 12.5. The van der Waals surface area contributed by atoms with Crippen molar-refractivity contribution in [3.8, 4) is 5.75 Å². The first kappa shape index (κ1) is 26.9. The SMILES string of the molecule is CC1(C)CC(=O)C2=C(C1)NC1=C(C(=O)CC(C)(C)C1)C2c1cc(Br)c(OCc2ccc(Br)cc2)c(Br)c1. The van der Waals surface area contributed by atoms with Crippen LogP contribution in [0, 0.1) is 10.8 Å². The Morgan fingerprint density at radius 1 is 0.811 bits per heavy atom. The van der Waals surface area contributed by atoms with Gasteiger partial charge in [0.25, 0.3) is 0 Å². The second-order valence-corrected chi connectivity index (χ2v) is 14.6. The summed E-state index contributed by atoms with van der Waals surface area (Å²) in [5.41, 5.74) is 5.16. The van der Waals surface area contributed by atoms with E-state index in [1.165, 1.54) is 0 Å². The fourth-order valence-electron chi connectivity index (χ4n) is 5.84. The van der Waals surface area contributed by atoms with Crippen molar-refractivity contribution in [2.45, 2.75) is 65.9 Å². The molecule has 37 heavy (non-hydrogen) atoms. The van der Waals surface area contributed by atoms with E-state index in [0.29, 0.717) is 25.2 Å². The van der Waals surface area contributed by atoms with E-state index in [1.54, 1.807) is 0 Å². The van der Waals surface area contributed by atoms with Crippen molar-refractivity contribution in [3.63, 3.8) is 0 Å². The van der Waals surface area contributed by atoms with Crippen LogP contribution in [-0.4, -0.2) is 11.6 Å². The number of ketones is 2. The van der Waals surface area contributed by atoms with Crippen molar-refractivity contribution in [1.29, 1.82) is 0 Å². The molecule has 0 saturated heterocycles. The minimum Gasteiger partial charge on any atom is -0.487 e. The number of carbonyl (C=O) groups excluding carboxylic acids is 2. The van der Waals surface area contributed by atoms with Gasteiger partial charge in [-0.05, 0) is 90.9 Å². The van der Waals surface area contributed by atoms with Gasteiger partial charge in [-0.1, -0.05) is 55.8 Å². The lowest BCUT2D eigenvalue weighted by atomic mass is 9.64. The molecule has 0 fully saturated rings. The summed E-state index contributed by atoms with van der Waals surface area (Å²) < 4.78 is 8.75. The van der Waals surface area contributed by atoms with Gasteiger partial charge in [-0.2, -0.15) is 0 Å². The Kier molecular flexibility index (Phi) is 7.12. The maximum Gasteiger partial charge on any atom is 0.162 e. The molecule has 0 spiro atoms. The molecule has 0 aromatic heterocycles.